The van der Waals surface area contributed by atoms with Crippen LogP contribution in [0.4, 0.5) is 9.18 Å². The summed E-state index contributed by atoms with van der Waals surface area (Å²) in [5.41, 5.74) is 0.649. The van der Waals surface area contributed by atoms with Gasteiger partial charge in [0.15, 0.2) is 17.1 Å². The molecule has 9 heteroatoms. The topological polar surface area (TPSA) is 95.6 Å². The molecular weight excluding hydrogens is 345 g/mol. The number of benzene rings is 1. The summed E-state index contributed by atoms with van der Waals surface area (Å²) in [7, 11) is 0. The monoisotopic (exact) mass is 359 g/mol. The first-order valence-electron chi connectivity index (χ1n) is 7.93. The van der Waals surface area contributed by atoms with Gasteiger partial charge in [0.1, 0.15) is 0 Å². The van der Waals surface area contributed by atoms with Crippen LogP contribution in [-0.2, 0) is 9.53 Å². The second-order valence-corrected chi connectivity index (χ2v) is 5.88. The lowest BCUT2D eigenvalue weighted by Gasteiger charge is -2.32. The van der Waals surface area contributed by atoms with Crippen LogP contribution < -0.4 is 0 Å². The summed E-state index contributed by atoms with van der Waals surface area (Å²) < 4.78 is 24.1. The number of hydrogen-bond donors (Lipinski definition) is 1. The van der Waals surface area contributed by atoms with Gasteiger partial charge in [-0.1, -0.05) is 0 Å². The van der Waals surface area contributed by atoms with Crippen molar-refractivity contribution in [3.05, 3.63) is 47.7 Å². The molecule has 0 spiro atoms. The van der Waals surface area contributed by atoms with E-state index in [1.165, 1.54) is 23.3 Å². The maximum Gasteiger partial charge on any atom is 0.407 e. The minimum atomic E-state index is -0.960. The summed E-state index contributed by atoms with van der Waals surface area (Å²) in [4.78, 5) is 30.4. The van der Waals surface area contributed by atoms with Gasteiger partial charge in [-0.25, -0.2) is 19.0 Å². The number of carbonyl (C=O) groups is 2. The zero-order chi connectivity index (χ0) is 18.3. The number of halogens is 1. The number of ether oxygens (including phenoxy) is 1. The molecular formula is C17H14FN3O5. The molecule has 2 aliphatic rings. The number of hydrogen-bond acceptors (Lipinski definition) is 6. The lowest BCUT2D eigenvalue weighted by Crippen LogP contribution is -2.46. The quantitative estimate of drug-likeness (QED) is 0.651. The Hall–Kier alpha value is -3.36. The molecule has 1 aromatic carbocycles. The van der Waals surface area contributed by atoms with Gasteiger partial charge in [0, 0.05) is 43.3 Å². The highest BCUT2D eigenvalue weighted by atomic mass is 19.1. The third-order valence-electron chi connectivity index (χ3n) is 4.31. The van der Waals surface area contributed by atoms with Crippen molar-refractivity contribution >= 4 is 28.9 Å². The average Bonchev–Trinajstić information content (AvgIpc) is 3.24. The Morgan fingerprint density at radius 3 is 2.73 bits per heavy atom. The number of fused-ring (bicyclic) bond motifs is 1. The fourth-order valence-electron chi connectivity index (χ4n) is 2.94. The number of esters is 1. The molecule has 1 fully saturated rings. The molecule has 1 N–H and O–H groups in total. The van der Waals surface area contributed by atoms with Crippen LogP contribution in [0.1, 0.15) is 5.56 Å². The summed E-state index contributed by atoms with van der Waals surface area (Å²) in [6.45, 7) is 1.60. The lowest BCUT2D eigenvalue weighted by molar-refractivity contribution is -0.130. The predicted octanol–water partition coefficient (Wildman–Crippen LogP) is 2.01. The number of amides is 1. The number of aliphatic imine (C=N–C) groups is 1. The molecule has 2 aliphatic heterocycles. The maximum absolute atomic E-state index is 13.7. The smallest absolute Gasteiger partial charge is 0.407 e. The van der Waals surface area contributed by atoms with Crippen molar-refractivity contribution < 1.29 is 28.2 Å². The van der Waals surface area contributed by atoms with Gasteiger partial charge in [-0.05, 0) is 18.2 Å². The first kappa shape index (κ1) is 16.1. The number of carbonyl (C=O) groups excluding carboxylic acids is 1. The van der Waals surface area contributed by atoms with Gasteiger partial charge in [0.2, 0.25) is 5.90 Å². The van der Waals surface area contributed by atoms with Crippen molar-refractivity contribution in [3.8, 4) is 0 Å². The number of piperazine rings is 1. The molecule has 0 atom stereocenters. The van der Waals surface area contributed by atoms with E-state index in [0.717, 1.165) is 0 Å². The molecule has 0 unspecified atom stereocenters. The van der Waals surface area contributed by atoms with Crippen LogP contribution in [0.3, 0.4) is 0 Å². The zero-order valence-electron chi connectivity index (χ0n) is 13.5. The standard InChI is InChI=1S/C17H14FN3O5/c18-12-2-1-11(10-3-8-25-14(10)12)15-19-13(16(22)26-15)9-20-4-6-21(7-5-20)17(23)24/h1-3,8-9H,4-7H2,(H,23,24)/b13-9+. The summed E-state index contributed by atoms with van der Waals surface area (Å²) >= 11 is 0. The summed E-state index contributed by atoms with van der Waals surface area (Å²) in [6.07, 6.45) is 1.95. The molecule has 0 radical (unpaired) electrons. The van der Waals surface area contributed by atoms with Gasteiger partial charge in [-0.3, -0.25) is 0 Å². The molecule has 26 heavy (non-hydrogen) atoms. The molecule has 1 saturated heterocycles. The van der Waals surface area contributed by atoms with E-state index < -0.39 is 17.9 Å². The zero-order valence-corrected chi connectivity index (χ0v) is 13.5. The third kappa shape index (κ3) is 2.77. The largest absolute Gasteiger partial charge is 0.465 e. The molecule has 0 saturated carbocycles. The Kier molecular flexibility index (Phi) is 3.83. The normalized spacial score (nSPS) is 19.2. The Labute approximate surface area is 146 Å². The molecule has 1 amide bonds. The third-order valence-corrected chi connectivity index (χ3v) is 4.31. The van der Waals surface area contributed by atoms with Crippen LogP contribution in [0.5, 0.6) is 0 Å². The van der Waals surface area contributed by atoms with Gasteiger partial charge in [0.05, 0.1) is 6.26 Å². The number of furan rings is 1. The number of nitrogens with zero attached hydrogens (tertiary/aromatic N) is 3. The maximum atomic E-state index is 13.7. The highest BCUT2D eigenvalue weighted by molar-refractivity contribution is 6.15. The fraction of sp³-hybridized carbons (Fsp3) is 0.235. The van der Waals surface area contributed by atoms with E-state index in [4.69, 9.17) is 14.3 Å². The van der Waals surface area contributed by atoms with E-state index in [9.17, 15) is 14.0 Å². The van der Waals surface area contributed by atoms with Crippen LogP contribution in [0.2, 0.25) is 0 Å². The van der Waals surface area contributed by atoms with E-state index in [2.05, 4.69) is 4.99 Å². The minimum Gasteiger partial charge on any atom is -0.465 e. The molecule has 4 rings (SSSR count). The molecule has 134 valence electrons. The molecule has 0 aliphatic carbocycles. The first-order chi connectivity index (χ1) is 12.5. The highest BCUT2D eigenvalue weighted by Gasteiger charge is 2.28. The van der Waals surface area contributed by atoms with Gasteiger partial charge < -0.3 is 24.1 Å². The van der Waals surface area contributed by atoms with Crippen molar-refractivity contribution in [2.45, 2.75) is 0 Å². The SMILES string of the molecule is O=C1OC(c2ccc(F)c3occc23)=N/C1=C/N1CCN(C(=O)O)CC1. The predicted molar refractivity (Wildman–Crippen MR) is 88.1 cm³/mol. The van der Waals surface area contributed by atoms with E-state index >= 15 is 0 Å². The second-order valence-electron chi connectivity index (χ2n) is 5.88. The summed E-state index contributed by atoms with van der Waals surface area (Å²) in [5, 5.41) is 9.43. The van der Waals surface area contributed by atoms with Crippen molar-refractivity contribution in [2.24, 2.45) is 4.99 Å². The second kappa shape index (κ2) is 6.17. The van der Waals surface area contributed by atoms with Gasteiger partial charge in [-0.2, -0.15) is 0 Å². The van der Waals surface area contributed by atoms with Crippen molar-refractivity contribution in [3.63, 3.8) is 0 Å². The van der Waals surface area contributed by atoms with Crippen molar-refractivity contribution in [1.29, 1.82) is 0 Å². The van der Waals surface area contributed by atoms with Crippen LogP contribution in [0, 0.1) is 5.82 Å². The molecule has 1 aromatic heterocycles. The van der Waals surface area contributed by atoms with Crippen LogP contribution in [0.25, 0.3) is 11.0 Å². The van der Waals surface area contributed by atoms with E-state index in [-0.39, 0.29) is 17.2 Å². The van der Waals surface area contributed by atoms with Crippen LogP contribution in [0.15, 0.2) is 45.8 Å². The summed E-state index contributed by atoms with van der Waals surface area (Å²) in [6, 6.07) is 4.29. The minimum absolute atomic E-state index is 0.0727. The highest BCUT2D eigenvalue weighted by Crippen LogP contribution is 2.27. The van der Waals surface area contributed by atoms with Gasteiger partial charge >= 0.3 is 12.1 Å². The Bertz CT molecular complexity index is 956. The molecule has 8 nitrogen and oxygen atoms in total. The van der Waals surface area contributed by atoms with Crippen molar-refractivity contribution in [2.75, 3.05) is 26.2 Å². The number of cyclic esters (lactones) is 1. The number of carboxylic acid groups (broad SMARTS) is 1. The first-order valence-corrected chi connectivity index (χ1v) is 7.93. The Balaban J connectivity index is 1.59. The average molecular weight is 359 g/mol. The summed E-state index contributed by atoms with van der Waals surface area (Å²) in [5.74, 6) is -1.04. The van der Waals surface area contributed by atoms with Gasteiger partial charge in [-0.15, -0.1) is 0 Å². The van der Waals surface area contributed by atoms with Gasteiger partial charge in [0.25, 0.3) is 0 Å². The molecule has 3 heterocycles. The number of rotatable bonds is 2. The van der Waals surface area contributed by atoms with Crippen LogP contribution >= 0.6 is 0 Å². The Morgan fingerprint density at radius 1 is 1.23 bits per heavy atom. The lowest BCUT2D eigenvalue weighted by atomic mass is 10.1. The van der Waals surface area contributed by atoms with Crippen LogP contribution in [-0.4, -0.2) is 59.0 Å². The van der Waals surface area contributed by atoms with E-state index in [1.807, 2.05) is 4.90 Å². The fourth-order valence-corrected chi connectivity index (χ4v) is 2.94. The Morgan fingerprint density at radius 2 is 2.00 bits per heavy atom. The van der Waals surface area contributed by atoms with E-state index in [0.29, 0.717) is 37.1 Å². The van der Waals surface area contributed by atoms with E-state index in [1.54, 1.807) is 12.3 Å². The molecule has 2 aromatic rings. The van der Waals surface area contributed by atoms with Crippen molar-refractivity contribution in [1.82, 2.24) is 9.80 Å². The molecule has 0 bridgehead atoms.